The zero-order chi connectivity index (χ0) is 8.72. The zero-order valence-electron chi connectivity index (χ0n) is 7.99. The van der Waals surface area contributed by atoms with Crippen LogP contribution in [0, 0.1) is 5.92 Å². The van der Waals surface area contributed by atoms with E-state index in [1.165, 1.54) is 12.0 Å². The second-order valence-corrected chi connectivity index (χ2v) is 4.06. The van der Waals surface area contributed by atoms with Crippen LogP contribution in [0.4, 0.5) is 0 Å². The van der Waals surface area contributed by atoms with Gasteiger partial charge in [-0.15, -0.1) is 0 Å². The molecular weight excluding hydrogens is 148 g/mol. The zero-order valence-corrected chi connectivity index (χ0v) is 7.99. The van der Waals surface area contributed by atoms with Gasteiger partial charge >= 0.3 is 0 Å². The molecule has 0 saturated heterocycles. The van der Waals surface area contributed by atoms with Gasteiger partial charge < -0.3 is 0 Å². The van der Waals surface area contributed by atoms with Crippen molar-refractivity contribution < 1.29 is 0 Å². The second-order valence-electron chi connectivity index (χ2n) is 4.06. The molecule has 0 N–H and O–H groups in total. The van der Waals surface area contributed by atoms with E-state index in [4.69, 9.17) is 0 Å². The minimum absolute atomic E-state index is 0.538. The molecule has 2 nitrogen and oxygen atoms in total. The predicted molar refractivity (Wildman–Crippen MR) is 51.1 cm³/mol. The van der Waals surface area contributed by atoms with Crippen LogP contribution in [0.25, 0.3) is 0 Å². The van der Waals surface area contributed by atoms with Crippen molar-refractivity contribution in [2.24, 2.45) is 11.0 Å². The molecule has 0 amide bonds. The molecule has 1 saturated carbocycles. The molecule has 1 aliphatic heterocycles. The van der Waals surface area contributed by atoms with E-state index < -0.39 is 0 Å². The molecule has 1 heterocycles. The first kappa shape index (κ1) is 7.84. The molecule has 12 heavy (non-hydrogen) atoms. The topological polar surface area (TPSA) is 15.6 Å². The van der Waals surface area contributed by atoms with Crippen LogP contribution in [-0.2, 0) is 0 Å². The van der Waals surface area contributed by atoms with Crippen LogP contribution in [0.15, 0.2) is 16.8 Å². The Kier molecular flexibility index (Phi) is 1.71. The number of rotatable bonds is 1. The van der Waals surface area contributed by atoms with E-state index in [0.29, 0.717) is 12.1 Å². The Balaban J connectivity index is 2.15. The van der Waals surface area contributed by atoms with Gasteiger partial charge in [0.2, 0.25) is 0 Å². The maximum atomic E-state index is 4.43. The molecule has 66 valence electrons. The lowest BCUT2D eigenvalue weighted by atomic mass is 10.2. The first-order valence-corrected chi connectivity index (χ1v) is 4.69. The van der Waals surface area contributed by atoms with E-state index in [1.807, 2.05) is 6.21 Å². The fourth-order valence-corrected chi connectivity index (χ4v) is 1.92. The third kappa shape index (κ3) is 1.15. The van der Waals surface area contributed by atoms with Crippen molar-refractivity contribution in [3.05, 3.63) is 11.6 Å². The van der Waals surface area contributed by atoms with Gasteiger partial charge in [0.05, 0.1) is 6.04 Å². The molecule has 0 radical (unpaired) electrons. The molecular formula is C10H16N2. The Labute approximate surface area is 73.9 Å². The number of hydrogen-bond donors (Lipinski definition) is 0. The standard InChI is InChI=1S/C10H16N2/c1-7(2)12-10-6-9(10)8(3)4-5-11-12/h4-5,7,9-10H,6H2,1-3H3. The lowest BCUT2D eigenvalue weighted by molar-refractivity contribution is 0.217. The molecule has 0 aromatic heterocycles. The monoisotopic (exact) mass is 164 g/mol. The Morgan fingerprint density at radius 3 is 3.00 bits per heavy atom. The van der Waals surface area contributed by atoms with Gasteiger partial charge in [-0.3, -0.25) is 5.01 Å². The average Bonchev–Trinajstić information content (AvgIpc) is 2.73. The molecule has 2 aliphatic rings. The Morgan fingerprint density at radius 2 is 2.33 bits per heavy atom. The van der Waals surface area contributed by atoms with Crippen molar-refractivity contribution >= 4 is 6.21 Å². The second kappa shape index (κ2) is 2.61. The smallest absolute Gasteiger partial charge is 0.0546 e. The van der Waals surface area contributed by atoms with E-state index in [0.717, 1.165) is 5.92 Å². The van der Waals surface area contributed by atoms with Crippen LogP contribution in [-0.4, -0.2) is 23.3 Å². The largest absolute Gasteiger partial charge is 0.291 e. The quantitative estimate of drug-likeness (QED) is 0.579. The summed E-state index contributed by atoms with van der Waals surface area (Å²) in [4.78, 5) is 0. The maximum Gasteiger partial charge on any atom is 0.0546 e. The minimum Gasteiger partial charge on any atom is -0.291 e. The highest BCUT2D eigenvalue weighted by molar-refractivity contribution is 5.72. The van der Waals surface area contributed by atoms with E-state index in [1.54, 1.807) is 0 Å². The fourth-order valence-electron chi connectivity index (χ4n) is 1.92. The molecule has 0 spiro atoms. The van der Waals surface area contributed by atoms with Gasteiger partial charge in [0, 0.05) is 18.2 Å². The van der Waals surface area contributed by atoms with E-state index in [2.05, 4.69) is 37.0 Å². The average molecular weight is 164 g/mol. The number of hydrogen-bond acceptors (Lipinski definition) is 2. The highest BCUT2D eigenvalue weighted by atomic mass is 15.5. The predicted octanol–water partition coefficient (Wildman–Crippen LogP) is 2.03. The van der Waals surface area contributed by atoms with Crippen molar-refractivity contribution in [3.63, 3.8) is 0 Å². The Hall–Kier alpha value is -0.790. The van der Waals surface area contributed by atoms with Crippen molar-refractivity contribution in [2.75, 3.05) is 0 Å². The van der Waals surface area contributed by atoms with Crippen LogP contribution in [0.2, 0.25) is 0 Å². The Morgan fingerprint density at radius 1 is 1.58 bits per heavy atom. The van der Waals surface area contributed by atoms with Crippen LogP contribution in [0.5, 0.6) is 0 Å². The summed E-state index contributed by atoms with van der Waals surface area (Å²) in [5.74, 6) is 0.787. The minimum atomic E-state index is 0.538. The first-order valence-electron chi connectivity index (χ1n) is 4.69. The highest BCUT2D eigenvalue weighted by Gasteiger charge is 2.44. The Bertz CT molecular complexity index is 240. The van der Waals surface area contributed by atoms with E-state index >= 15 is 0 Å². The van der Waals surface area contributed by atoms with Gasteiger partial charge in [-0.1, -0.05) is 5.57 Å². The van der Waals surface area contributed by atoms with Gasteiger partial charge in [-0.25, -0.2) is 0 Å². The molecule has 2 atom stereocenters. The molecule has 0 aromatic carbocycles. The summed E-state index contributed by atoms with van der Waals surface area (Å²) in [5.41, 5.74) is 1.49. The fraction of sp³-hybridized carbons (Fsp3) is 0.700. The summed E-state index contributed by atoms with van der Waals surface area (Å²) in [6.45, 7) is 6.61. The number of hydrazone groups is 1. The summed E-state index contributed by atoms with van der Waals surface area (Å²) in [5, 5.41) is 6.66. The van der Waals surface area contributed by atoms with E-state index in [9.17, 15) is 0 Å². The molecule has 0 aromatic rings. The van der Waals surface area contributed by atoms with Gasteiger partial charge in [0.25, 0.3) is 0 Å². The van der Waals surface area contributed by atoms with Crippen molar-refractivity contribution in [1.29, 1.82) is 0 Å². The van der Waals surface area contributed by atoms with Crippen LogP contribution >= 0.6 is 0 Å². The van der Waals surface area contributed by atoms with Crippen molar-refractivity contribution in [2.45, 2.75) is 39.3 Å². The summed E-state index contributed by atoms with van der Waals surface area (Å²) >= 11 is 0. The van der Waals surface area contributed by atoms with Crippen LogP contribution in [0.3, 0.4) is 0 Å². The summed E-state index contributed by atoms with van der Waals surface area (Å²) in [6.07, 6.45) is 5.38. The maximum absolute atomic E-state index is 4.43. The summed E-state index contributed by atoms with van der Waals surface area (Å²) < 4.78 is 0. The number of nitrogens with zero attached hydrogens (tertiary/aromatic N) is 2. The van der Waals surface area contributed by atoms with Gasteiger partial charge in [0.1, 0.15) is 0 Å². The van der Waals surface area contributed by atoms with Crippen molar-refractivity contribution in [1.82, 2.24) is 5.01 Å². The molecule has 0 bridgehead atoms. The third-order valence-corrected chi connectivity index (χ3v) is 2.75. The number of allylic oxidation sites excluding steroid dienone is 1. The van der Waals surface area contributed by atoms with Gasteiger partial charge in [-0.05, 0) is 33.3 Å². The summed E-state index contributed by atoms with van der Waals surface area (Å²) in [6, 6.07) is 1.23. The van der Waals surface area contributed by atoms with E-state index in [-0.39, 0.29) is 0 Å². The van der Waals surface area contributed by atoms with Crippen LogP contribution < -0.4 is 0 Å². The van der Waals surface area contributed by atoms with Crippen molar-refractivity contribution in [3.8, 4) is 0 Å². The molecule has 2 heteroatoms. The number of fused-ring (bicyclic) bond motifs is 1. The lowest BCUT2D eigenvalue weighted by Crippen LogP contribution is -2.28. The molecule has 1 aliphatic carbocycles. The van der Waals surface area contributed by atoms with Gasteiger partial charge in [0.15, 0.2) is 0 Å². The third-order valence-electron chi connectivity index (χ3n) is 2.75. The summed E-state index contributed by atoms with van der Waals surface area (Å²) in [7, 11) is 0. The van der Waals surface area contributed by atoms with Gasteiger partial charge in [-0.2, -0.15) is 5.10 Å². The molecule has 2 rings (SSSR count). The first-order chi connectivity index (χ1) is 5.70. The normalized spacial score (nSPS) is 33.0. The molecule has 2 unspecified atom stereocenters. The van der Waals surface area contributed by atoms with Crippen LogP contribution in [0.1, 0.15) is 27.2 Å². The highest BCUT2D eigenvalue weighted by Crippen LogP contribution is 2.43. The lowest BCUT2D eigenvalue weighted by Gasteiger charge is -2.22. The molecule has 1 fully saturated rings. The SMILES string of the molecule is CC1=CC=NN(C(C)C)C2CC12.